The van der Waals surface area contributed by atoms with Gasteiger partial charge in [-0.2, -0.15) is 19.6 Å². The highest BCUT2D eigenvalue weighted by Gasteiger charge is 2.19. The van der Waals surface area contributed by atoms with Gasteiger partial charge in [-0.05, 0) is 44.3 Å². The minimum Gasteiger partial charge on any atom is -0.351 e. The second kappa shape index (κ2) is 8.14. The zero-order valence-electron chi connectivity index (χ0n) is 16.8. The third kappa shape index (κ3) is 3.94. The van der Waals surface area contributed by atoms with Crippen LogP contribution in [0.15, 0.2) is 36.5 Å². The van der Waals surface area contributed by atoms with Gasteiger partial charge in [-0.3, -0.25) is 0 Å². The van der Waals surface area contributed by atoms with Crippen molar-refractivity contribution in [1.29, 1.82) is 0 Å². The van der Waals surface area contributed by atoms with Crippen molar-refractivity contribution in [3.63, 3.8) is 0 Å². The van der Waals surface area contributed by atoms with Crippen LogP contribution < -0.4 is 16.0 Å². The average molecular weight is 380 g/mol. The van der Waals surface area contributed by atoms with Crippen LogP contribution in [-0.4, -0.2) is 38.7 Å². The van der Waals surface area contributed by atoms with Crippen molar-refractivity contribution in [3.8, 4) is 0 Å². The number of rotatable bonds is 6. The van der Waals surface area contributed by atoms with Crippen LogP contribution in [0.25, 0.3) is 5.65 Å². The number of nitrogens with one attached hydrogen (secondary N) is 3. The molecule has 7 nitrogen and oxygen atoms in total. The molecule has 1 aliphatic rings. The number of anilines is 2. The van der Waals surface area contributed by atoms with E-state index in [0.717, 1.165) is 37.1 Å². The molecule has 0 spiro atoms. The minimum atomic E-state index is 0.109. The number of aromatic nitrogens is 4. The predicted molar refractivity (Wildman–Crippen MR) is 113 cm³/mol. The normalized spacial score (nSPS) is 16.4. The van der Waals surface area contributed by atoms with E-state index in [1.54, 1.807) is 0 Å². The van der Waals surface area contributed by atoms with Crippen LogP contribution in [0, 0.1) is 0 Å². The van der Waals surface area contributed by atoms with Gasteiger partial charge in [0.2, 0.25) is 11.9 Å². The Hall–Kier alpha value is -2.67. The molecule has 4 rings (SSSR count). The average Bonchev–Trinajstić information content (AvgIpc) is 3.14. The maximum atomic E-state index is 4.81. The molecule has 1 atom stereocenters. The zero-order chi connectivity index (χ0) is 19.5. The van der Waals surface area contributed by atoms with E-state index in [1.807, 2.05) is 16.8 Å². The second-order valence-corrected chi connectivity index (χ2v) is 7.81. The summed E-state index contributed by atoms with van der Waals surface area (Å²) >= 11 is 0. The fourth-order valence-corrected chi connectivity index (χ4v) is 3.63. The number of nitrogens with zero attached hydrogens (tertiary/aromatic N) is 4. The maximum Gasteiger partial charge on any atom is 0.229 e. The van der Waals surface area contributed by atoms with Crippen LogP contribution in [0.4, 0.5) is 11.9 Å². The first-order chi connectivity index (χ1) is 13.6. The number of hydrogen-bond donors (Lipinski definition) is 3. The molecule has 0 bridgehead atoms. The molecule has 3 heterocycles. The van der Waals surface area contributed by atoms with Gasteiger partial charge in [0.15, 0.2) is 5.65 Å². The van der Waals surface area contributed by atoms with Gasteiger partial charge in [-0.25, -0.2) is 0 Å². The topological polar surface area (TPSA) is 79.2 Å². The maximum absolute atomic E-state index is 4.81. The first kappa shape index (κ1) is 18.7. The van der Waals surface area contributed by atoms with Gasteiger partial charge in [-0.1, -0.05) is 44.2 Å². The van der Waals surface area contributed by atoms with E-state index in [2.05, 4.69) is 66.1 Å². The standard InChI is InChI=1S/C21H29N7/c1-14(2)18-13-23-28-19(18)26-20(25-17-9-11-22-12-10-17)27-21(28)24-15(3)16-7-5-4-6-8-16/h4-8,13-15,17,22H,9-12H2,1-3H3,(H2,24,25,26,27)/t15-/m0/s1. The molecule has 1 aromatic carbocycles. The van der Waals surface area contributed by atoms with Gasteiger partial charge in [-0.15, -0.1) is 0 Å². The largest absolute Gasteiger partial charge is 0.351 e. The zero-order valence-corrected chi connectivity index (χ0v) is 16.8. The highest BCUT2D eigenvalue weighted by molar-refractivity contribution is 5.56. The van der Waals surface area contributed by atoms with Gasteiger partial charge in [0.25, 0.3) is 0 Å². The number of fused-ring (bicyclic) bond motifs is 1. The lowest BCUT2D eigenvalue weighted by Gasteiger charge is -2.24. The van der Waals surface area contributed by atoms with Crippen molar-refractivity contribution in [2.24, 2.45) is 0 Å². The van der Waals surface area contributed by atoms with Gasteiger partial charge in [0, 0.05) is 11.6 Å². The Bertz CT molecular complexity index is 913. The summed E-state index contributed by atoms with van der Waals surface area (Å²) in [4.78, 5) is 9.59. The Kier molecular flexibility index (Phi) is 5.43. The molecule has 0 radical (unpaired) electrons. The first-order valence-electron chi connectivity index (χ1n) is 10.2. The Morgan fingerprint density at radius 2 is 1.82 bits per heavy atom. The molecule has 0 amide bonds. The van der Waals surface area contributed by atoms with Crippen molar-refractivity contribution in [2.45, 2.75) is 51.6 Å². The highest BCUT2D eigenvalue weighted by atomic mass is 15.4. The molecule has 0 saturated carbocycles. The predicted octanol–water partition coefficient (Wildman–Crippen LogP) is 3.58. The third-order valence-electron chi connectivity index (χ3n) is 5.33. The highest BCUT2D eigenvalue weighted by Crippen LogP contribution is 2.25. The summed E-state index contributed by atoms with van der Waals surface area (Å²) in [5.41, 5.74) is 3.20. The summed E-state index contributed by atoms with van der Waals surface area (Å²) in [6.07, 6.45) is 4.06. The molecular weight excluding hydrogens is 350 g/mol. The second-order valence-electron chi connectivity index (χ2n) is 7.81. The first-order valence-corrected chi connectivity index (χ1v) is 10.2. The molecule has 28 heavy (non-hydrogen) atoms. The van der Waals surface area contributed by atoms with Crippen LogP contribution in [0.5, 0.6) is 0 Å². The van der Waals surface area contributed by atoms with E-state index in [1.165, 1.54) is 5.56 Å². The lowest BCUT2D eigenvalue weighted by molar-refractivity contribution is 0.477. The molecule has 1 saturated heterocycles. The molecule has 0 aliphatic carbocycles. The van der Waals surface area contributed by atoms with E-state index < -0.39 is 0 Å². The molecule has 1 aliphatic heterocycles. The fraction of sp³-hybridized carbons (Fsp3) is 0.476. The third-order valence-corrected chi connectivity index (χ3v) is 5.33. The summed E-state index contributed by atoms with van der Waals surface area (Å²) in [6.45, 7) is 8.52. The van der Waals surface area contributed by atoms with Crippen LogP contribution in [0.3, 0.4) is 0 Å². The summed E-state index contributed by atoms with van der Waals surface area (Å²) in [6, 6.07) is 10.9. The SMILES string of the molecule is CC(C)c1cnn2c(N[C@@H](C)c3ccccc3)nc(NC3CCNCC3)nc12. The Morgan fingerprint density at radius 1 is 1.07 bits per heavy atom. The summed E-state index contributed by atoms with van der Waals surface area (Å²) in [5, 5.41) is 15.0. The van der Waals surface area contributed by atoms with Crippen LogP contribution in [0.1, 0.15) is 56.7 Å². The molecular formula is C21H29N7. The summed E-state index contributed by atoms with van der Waals surface area (Å²) in [5.74, 6) is 1.73. The molecule has 0 unspecified atom stereocenters. The van der Waals surface area contributed by atoms with Crippen LogP contribution >= 0.6 is 0 Å². The molecule has 2 aromatic heterocycles. The molecule has 148 valence electrons. The quantitative estimate of drug-likeness (QED) is 0.607. The van der Waals surface area contributed by atoms with Crippen molar-refractivity contribution >= 4 is 17.5 Å². The molecule has 1 fully saturated rings. The number of piperidine rings is 1. The van der Waals surface area contributed by atoms with Gasteiger partial charge >= 0.3 is 0 Å². The monoisotopic (exact) mass is 379 g/mol. The lowest BCUT2D eigenvalue weighted by atomic mass is 10.1. The Labute approximate surface area is 166 Å². The number of benzene rings is 1. The summed E-state index contributed by atoms with van der Waals surface area (Å²) in [7, 11) is 0. The van der Waals surface area contributed by atoms with E-state index in [9.17, 15) is 0 Å². The van der Waals surface area contributed by atoms with Gasteiger partial charge in [0.05, 0.1) is 12.2 Å². The van der Waals surface area contributed by atoms with E-state index in [0.29, 0.717) is 23.9 Å². The van der Waals surface area contributed by atoms with Crippen molar-refractivity contribution in [3.05, 3.63) is 47.7 Å². The van der Waals surface area contributed by atoms with E-state index in [-0.39, 0.29) is 6.04 Å². The Balaban J connectivity index is 1.68. The fourth-order valence-electron chi connectivity index (χ4n) is 3.63. The minimum absolute atomic E-state index is 0.109. The van der Waals surface area contributed by atoms with Crippen molar-refractivity contribution in [2.75, 3.05) is 23.7 Å². The van der Waals surface area contributed by atoms with Crippen molar-refractivity contribution < 1.29 is 0 Å². The van der Waals surface area contributed by atoms with Crippen LogP contribution in [-0.2, 0) is 0 Å². The van der Waals surface area contributed by atoms with Gasteiger partial charge in [0.1, 0.15) is 0 Å². The van der Waals surface area contributed by atoms with Crippen molar-refractivity contribution in [1.82, 2.24) is 24.9 Å². The smallest absolute Gasteiger partial charge is 0.229 e. The molecule has 7 heteroatoms. The Morgan fingerprint density at radius 3 is 2.54 bits per heavy atom. The van der Waals surface area contributed by atoms with Gasteiger partial charge < -0.3 is 16.0 Å². The number of hydrogen-bond acceptors (Lipinski definition) is 6. The molecule has 3 aromatic rings. The molecule has 3 N–H and O–H groups in total. The van der Waals surface area contributed by atoms with E-state index >= 15 is 0 Å². The van der Waals surface area contributed by atoms with E-state index in [4.69, 9.17) is 9.97 Å². The lowest BCUT2D eigenvalue weighted by Crippen LogP contribution is -2.35. The van der Waals surface area contributed by atoms with Crippen LogP contribution in [0.2, 0.25) is 0 Å². The summed E-state index contributed by atoms with van der Waals surface area (Å²) < 4.78 is 1.82.